The Balaban J connectivity index is 2.04. The molecule has 0 bridgehead atoms. The van der Waals surface area contributed by atoms with Crippen LogP contribution in [0.2, 0.25) is 0 Å². The van der Waals surface area contributed by atoms with Crippen LogP contribution >= 0.6 is 0 Å². The van der Waals surface area contributed by atoms with Gasteiger partial charge >= 0.3 is 0 Å². The lowest BCUT2D eigenvalue weighted by Gasteiger charge is -2.27. The molecule has 106 valence electrons. The van der Waals surface area contributed by atoms with Crippen LogP contribution in [-0.2, 0) is 6.42 Å². The van der Waals surface area contributed by atoms with Crippen LogP contribution in [0.1, 0.15) is 37.9 Å². The van der Waals surface area contributed by atoms with Gasteiger partial charge in [0.05, 0.1) is 6.04 Å². The van der Waals surface area contributed by atoms with Crippen molar-refractivity contribution in [1.29, 1.82) is 0 Å². The Kier molecular flexibility index (Phi) is 3.54. The highest BCUT2D eigenvalue weighted by Crippen LogP contribution is 2.28. The van der Waals surface area contributed by atoms with E-state index in [2.05, 4.69) is 5.32 Å². The second-order valence-corrected chi connectivity index (χ2v) is 5.11. The zero-order valence-corrected chi connectivity index (χ0v) is 11.5. The SMILES string of the molecule is NC(=O)c1cccc2c1CCNC2C(=O)c1ccccc1. The Hall–Kier alpha value is -2.46. The first-order chi connectivity index (χ1) is 10.2. The summed E-state index contributed by atoms with van der Waals surface area (Å²) in [5.41, 5.74) is 8.34. The number of rotatable bonds is 3. The zero-order valence-electron chi connectivity index (χ0n) is 11.5. The maximum atomic E-state index is 12.7. The summed E-state index contributed by atoms with van der Waals surface area (Å²) in [5, 5.41) is 3.24. The quantitative estimate of drug-likeness (QED) is 0.843. The van der Waals surface area contributed by atoms with Crippen LogP contribution in [0.15, 0.2) is 48.5 Å². The van der Waals surface area contributed by atoms with Gasteiger partial charge in [-0.05, 0) is 23.6 Å². The van der Waals surface area contributed by atoms with Gasteiger partial charge in [-0.15, -0.1) is 0 Å². The summed E-state index contributed by atoms with van der Waals surface area (Å²) in [6.45, 7) is 0.653. The Morgan fingerprint density at radius 2 is 1.81 bits per heavy atom. The number of hydrogen-bond acceptors (Lipinski definition) is 3. The number of carbonyl (C=O) groups is 2. The summed E-state index contributed by atoms with van der Waals surface area (Å²) in [6.07, 6.45) is 0.701. The van der Waals surface area contributed by atoms with Gasteiger partial charge in [0, 0.05) is 17.7 Å². The van der Waals surface area contributed by atoms with E-state index in [1.807, 2.05) is 24.3 Å². The molecule has 0 spiro atoms. The first-order valence-electron chi connectivity index (χ1n) is 6.92. The minimum atomic E-state index is -0.445. The minimum Gasteiger partial charge on any atom is -0.366 e. The summed E-state index contributed by atoms with van der Waals surface area (Å²) >= 11 is 0. The van der Waals surface area contributed by atoms with Crippen LogP contribution in [0, 0.1) is 0 Å². The monoisotopic (exact) mass is 280 g/mol. The number of fused-ring (bicyclic) bond motifs is 1. The Morgan fingerprint density at radius 3 is 2.52 bits per heavy atom. The normalized spacial score (nSPS) is 17.0. The van der Waals surface area contributed by atoms with Gasteiger partial charge in [0.1, 0.15) is 0 Å². The van der Waals surface area contributed by atoms with Gasteiger partial charge in [-0.3, -0.25) is 9.59 Å². The van der Waals surface area contributed by atoms with Gasteiger partial charge < -0.3 is 11.1 Å². The van der Waals surface area contributed by atoms with Gasteiger partial charge in [0.25, 0.3) is 0 Å². The van der Waals surface area contributed by atoms with Crippen molar-refractivity contribution in [2.75, 3.05) is 6.54 Å². The van der Waals surface area contributed by atoms with E-state index in [4.69, 9.17) is 5.73 Å². The second-order valence-electron chi connectivity index (χ2n) is 5.11. The second kappa shape index (κ2) is 5.50. The summed E-state index contributed by atoms with van der Waals surface area (Å²) in [7, 11) is 0. The highest BCUT2D eigenvalue weighted by atomic mass is 16.1. The van der Waals surface area contributed by atoms with Crippen LogP contribution in [0.5, 0.6) is 0 Å². The Labute approximate surface area is 123 Å². The minimum absolute atomic E-state index is 0.0122. The number of carbonyl (C=O) groups excluding carboxylic acids is 2. The lowest BCUT2D eigenvalue weighted by molar-refractivity contribution is 0.0935. The molecular formula is C17H16N2O2. The van der Waals surface area contributed by atoms with E-state index in [1.165, 1.54) is 0 Å². The molecule has 1 aliphatic rings. The number of benzene rings is 2. The molecule has 4 heteroatoms. The molecule has 0 aromatic heterocycles. The third kappa shape index (κ3) is 2.45. The molecule has 2 aromatic rings. The molecule has 1 amide bonds. The van der Waals surface area contributed by atoms with Crippen molar-refractivity contribution in [1.82, 2.24) is 5.32 Å². The molecule has 2 aromatic carbocycles. The van der Waals surface area contributed by atoms with Crippen LogP contribution in [0.25, 0.3) is 0 Å². The molecule has 0 saturated carbocycles. The maximum Gasteiger partial charge on any atom is 0.248 e. The molecule has 0 saturated heterocycles. The molecule has 4 nitrogen and oxygen atoms in total. The molecule has 0 fully saturated rings. The average Bonchev–Trinajstić information content (AvgIpc) is 2.53. The van der Waals surface area contributed by atoms with Crippen molar-refractivity contribution in [3.8, 4) is 0 Å². The molecule has 1 unspecified atom stereocenters. The molecule has 0 aliphatic carbocycles. The van der Waals surface area contributed by atoms with Gasteiger partial charge in [0.2, 0.25) is 5.91 Å². The van der Waals surface area contributed by atoms with Crippen LogP contribution in [-0.4, -0.2) is 18.2 Å². The first-order valence-corrected chi connectivity index (χ1v) is 6.92. The standard InChI is InChI=1S/C17H16N2O2/c18-17(21)14-8-4-7-13-12(14)9-10-19-15(13)16(20)11-5-2-1-3-6-11/h1-8,15,19H,9-10H2,(H2,18,21). The largest absolute Gasteiger partial charge is 0.366 e. The van der Waals surface area contributed by atoms with E-state index in [0.717, 1.165) is 11.1 Å². The molecule has 1 heterocycles. The molecular weight excluding hydrogens is 264 g/mol. The van der Waals surface area contributed by atoms with E-state index in [1.54, 1.807) is 24.3 Å². The molecule has 0 radical (unpaired) electrons. The number of nitrogens with two attached hydrogens (primary N) is 1. The molecule has 1 aliphatic heterocycles. The third-order valence-corrected chi connectivity index (χ3v) is 3.83. The lowest BCUT2D eigenvalue weighted by Crippen LogP contribution is -2.36. The summed E-state index contributed by atoms with van der Waals surface area (Å²) < 4.78 is 0. The van der Waals surface area contributed by atoms with Crippen molar-refractivity contribution in [3.05, 3.63) is 70.8 Å². The Bertz CT molecular complexity index is 695. The number of nitrogens with one attached hydrogen (secondary N) is 1. The Morgan fingerprint density at radius 1 is 1.05 bits per heavy atom. The zero-order chi connectivity index (χ0) is 14.8. The van der Waals surface area contributed by atoms with E-state index in [-0.39, 0.29) is 5.78 Å². The van der Waals surface area contributed by atoms with Crippen LogP contribution in [0.3, 0.4) is 0 Å². The van der Waals surface area contributed by atoms with Gasteiger partial charge in [-0.2, -0.15) is 0 Å². The predicted molar refractivity (Wildman–Crippen MR) is 80.2 cm³/mol. The first kappa shape index (κ1) is 13.5. The van der Waals surface area contributed by atoms with Crippen molar-refractivity contribution in [3.63, 3.8) is 0 Å². The smallest absolute Gasteiger partial charge is 0.248 e. The van der Waals surface area contributed by atoms with Crippen molar-refractivity contribution < 1.29 is 9.59 Å². The third-order valence-electron chi connectivity index (χ3n) is 3.83. The van der Waals surface area contributed by atoms with Gasteiger partial charge in [0.15, 0.2) is 5.78 Å². The van der Waals surface area contributed by atoms with E-state index >= 15 is 0 Å². The fourth-order valence-electron chi connectivity index (χ4n) is 2.84. The number of primary amides is 1. The fraction of sp³-hybridized carbons (Fsp3) is 0.176. The van der Waals surface area contributed by atoms with E-state index in [0.29, 0.717) is 24.1 Å². The van der Waals surface area contributed by atoms with Crippen molar-refractivity contribution >= 4 is 11.7 Å². The fourth-order valence-corrected chi connectivity index (χ4v) is 2.84. The lowest BCUT2D eigenvalue weighted by atomic mass is 9.86. The van der Waals surface area contributed by atoms with Gasteiger partial charge in [-0.1, -0.05) is 42.5 Å². The van der Waals surface area contributed by atoms with Gasteiger partial charge in [-0.25, -0.2) is 0 Å². The van der Waals surface area contributed by atoms with E-state index < -0.39 is 11.9 Å². The topological polar surface area (TPSA) is 72.2 Å². The molecule has 3 rings (SSSR count). The maximum absolute atomic E-state index is 12.7. The van der Waals surface area contributed by atoms with Crippen LogP contribution in [0.4, 0.5) is 0 Å². The number of ketones is 1. The summed E-state index contributed by atoms with van der Waals surface area (Å²) in [6, 6.07) is 14.1. The van der Waals surface area contributed by atoms with Crippen LogP contribution < -0.4 is 11.1 Å². The van der Waals surface area contributed by atoms with Crippen molar-refractivity contribution in [2.45, 2.75) is 12.5 Å². The molecule has 3 N–H and O–H groups in total. The highest BCUT2D eigenvalue weighted by Gasteiger charge is 2.28. The molecule has 21 heavy (non-hydrogen) atoms. The summed E-state index contributed by atoms with van der Waals surface area (Å²) in [5.74, 6) is -0.433. The summed E-state index contributed by atoms with van der Waals surface area (Å²) in [4.78, 5) is 24.2. The van der Waals surface area contributed by atoms with E-state index in [9.17, 15) is 9.59 Å². The number of Topliss-reactive ketones (excluding diaryl/α,β-unsaturated/α-hetero) is 1. The molecule has 1 atom stereocenters. The predicted octanol–water partition coefficient (Wildman–Crippen LogP) is 1.86. The highest BCUT2D eigenvalue weighted by molar-refractivity contribution is 6.02. The van der Waals surface area contributed by atoms with Crippen molar-refractivity contribution in [2.24, 2.45) is 5.73 Å². The number of amides is 1. The number of hydrogen-bond donors (Lipinski definition) is 2. The average molecular weight is 280 g/mol.